The Morgan fingerprint density at radius 1 is 1.16 bits per heavy atom. The Kier molecular flexibility index (Phi) is 7.09. The summed E-state index contributed by atoms with van der Waals surface area (Å²) in [6.07, 6.45) is 0. The van der Waals surface area contributed by atoms with Crippen molar-refractivity contribution in [1.29, 1.82) is 0 Å². The predicted octanol–water partition coefficient (Wildman–Crippen LogP) is 3.74. The Hall–Kier alpha value is -4.10. The average Bonchev–Trinajstić information content (AvgIpc) is 3.42. The van der Waals surface area contributed by atoms with Crippen LogP contribution in [-0.2, 0) is 4.79 Å². The molecule has 1 aliphatic rings. The number of aliphatic carboxylic acids is 1. The van der Waals surface area contributed by atoms with Crippen LogP contribution in [0.4, 0.5) is 17.3 Å². The van der Waals surface area contributed by atoms with Crippen molar-refractivity contribution in [3.63, 3.8) is 0 Å². The summed E-state index contributed by atoms with van der Waals surface area (Å²) in [5.74, 6) is -0.691. The summed E-state index contributed by atoms with van der Waals surface area (Å²) in [5, 5.41) is 25.9. The summed E-state index contributed by atoms with van der Waals surface area (Å²) in [6.45, 7) is 5.70. The van der Waals surface area contributed by atoms with E-state index in [0.29, 0.717) is 11.5 Å². The van der Waals surface area contributed by atoms with Gasteiger partial charge in [0.15, 0.2) is 28.4 Å². The molecule has 2 aromatic carbocycles. The number of phenolic OH excluding ortho intramolecular Hbond substituents is 1. The highest BCUT2D eigenvalue weighted by atomic mass is 32.2. The Morgan fingerprint density at radius 2 is 1.86 bits per heavy atom. The van der Waals surface area contributed by atoms with Gasteiger partial charge >= 0.3 is 5.97 Å². The number of nitrogens with zero attached hydrogens (tertiary/aromatic N) is 3. The molecule has 4 N–H and O–H groups in total. The highest BCUT2D eigenvalue weighted by molar-refractivity contribution is 7.14. The molecule has 0 spiro atoms. The summed E-state index contributed by atoms with van der Waals surface area (Å²) >= 11 is -1.91. The summed E-state index contributed by atoms with van der Waals surface area (Å²) in [4.78, 5) is 24.6. The fourth-order valence-electron chi connectivity index (χ4n) is 3.89. The lowest BCUT2D eigenvalue weighted by Crippen LogP contribution is -2.32. The first-order valence-electron chi connectivity index (χ1n) is 11.3. The van der Waals surface area contributed by atoms with Gasteiger partial charge in [0.25, 0.3) is 5.91 Å². The summed E-state index contributed by atoms with van der Waals surface area (Å²) in [7, 11) is 1.32. The van der Waals surface area contributed by atoms with E-state index in [-0.39, 0.29) is 41.1 Å². The molecule has 0 radical (unpaired) electrons. The number of fused-ring (bicyclic) bond motifs is 1. The minimum atomic E-state index is -1.91. The molecule has 13 heteroatoms. The Balaban J connectivity index is 1.63. The van der Waals surface area contributed by atoms with Gasteiger partial charge in [0.05, 0.1) is 17.3 Å². The molecule has 2 heterocycles. The van der Waals surface area contributed by atoms with Crippen molar-refractivity contribution in [3.05, 3.63) is 47.5 Å². The van der Waals surface area contributed by atoms with E-state index in [9.17, 15) is 19.2 Å². The lowest BCUT2D eigenvalue weighted by Gasteiger charge is -2.32. The summed E-state index contributed by atoms with van der Waals surface area (Å²) in [5.41, 5.74) is 0.563. The lowest BCUT2D eigenvalue weighted by molar-refractivity contribution is -0.137. The maximum atomic E-state index is 12.6. The number of carbonyl (C=O) groups is 2. The first-order chi connectivity index (χ1) is 17.4. The summed E-state index contributed by atoms with van der Waals surface area (Å²) < 4.78 is 31.3. The molecule has 4 rings (SSSR count). The van der Waals surface area contributed by atoms with Crippen LogP contribution < -0.4 is 20.1 Å². The highest BCUT2D eigenvalue weighted by Gasteiger charge is 2.31. The minimum Gasteiger partial charge on any atom is -0.546 e. The molecule has 1 aromatic heterocycles. The quantitative estimate of drug-likeness (QED) is 0.248. The topological polar surface area (TPSA) is 169 Å². The number of carbonyl (C=O) groups excluding carboxylic acids is 1. The second kappa shape index (κ2) is 10.1. The molecular formula is C24H27N5O7S. The molecule has 3 aromatic rings. The molecule has 2 unspecified atom stereocenters. The first kappa shape index (κ1) is 26.0. The number of para-hydroxylation sites is 1. The number of benzene rings is 2. The van der Waals surface area contributed by atoms with Crippen LogP contribution in [0.1, 0.15) is 42.7 Å². The minimum absolute atomic E-state index is 0.104. The molecule has 0 saturated carbocycles. The fraction of sp³-hybridized carbons (Fsp3) is 0.333. The highest BCUT2D eigenvalue weighted by Crippen LogP contribution is 2.42. The van der Waals surface area contributed by atoms with E-state index in [2.05, 4.69) is 19.4 Å². The van der Waals surface area contributed by atoms with Crippen LogP contribution in [0.25, 0.3) is 0 Å². The third kappa shape index (κ3) is 5.67. The van der Waals surface area contributed by atoms with E-state index in [1.807, 2.05) is 39.0 Å². The van der Waals surface area contributed by atoms with Crippen LogP contribution in [0.3, 0.4) is 0 Å². The van der Waals surface area contributed by atoms with Crippen LogP contribution in [0.2, 0.25) is 0 Å². The number of rotatable bonds is 8. The Labute approximate surface area is 216 Å². The number of nitrogens with one attached hydrogen (secondary N) is 2. The van der Waals surface area contributed by atoms with Crippen molar-refractivity contribution in [2.45, 2.75) is 26.8 Å². The van der Waals surface area contributed by atoms with Gasteiger partial charge in [0.1, 0.15) is 6.54 Å². The zero-order chi connectivity index (χ0) is 26.9. The smallest absolute Gasteiger partial charge is 0.323 e. The number of anilines is 3. The van der Waals surface area contributed by atoms with Crippen LogP contribution in [-0.4, -0.2) is 60.7 Å². The predicted molar refractivity (Wildman–Crippen MR) is 135 cm³/mol. The molecule has 196 valence electrons. The first-order valence-corrected chi connectivity index (χ1v) is 12.3. The van der Waals surface area contributed by atoms with Gasteiger partial charge in [-0.15, -0.1) is 0 Å². The molecule has 1 aliphatic heterocycles. The maximum absolute atomic E-state index is 12.6. The molecule has 0 saturated heterocycles. The molecule has 0 fully saturated rings. The van der Waals surface area contributed by atoms with Crippen molar-refractivity contribution >= 4 is 40.3 Å². The van der Waals surface area contributed by atoms with Crippen LogP contribution in [0.15, 0.2) is 36.4 Å². The second-order valence-electron chi connectivity index (χ2n) is 9.55. The van der Waals surface area contributed by atoms with Crippen LogP contribution in [0.5, 0.6) is 17.2 Å². The fourth-order valence-corrected chi connectivity index (χ4v) is 4.52. The average molecular weight is 530 g/mol. The van der Waals surface area contributed by atoms with Crippen LogP contribution in [0, 0.1) is 5.41 Å². The largest absolute Gasteiger partial charge is 0.546 e. The number of amides is 1. The van der Waals surface area contributed by atoms with Crippen LogP contribution >= 0.6 is 11.1 Å². The number of ether oxygens (including phenoxy) is 2. The molecule has 37 heavy (non-hydrogen) atoms. The van der Waals surface area contributed by atoms with E-state index in [4.69, 9.17) is 14.6 Å². The number of carboxylic acid groups (broad SMARTS) is 1. The van der Waals surface area contributed by atoms with Gasteiger partial charge in [-0.2, -0.15) is 0 Å². The SMILES string of the molecule is CN(CC(=O)O)C(=O)c1cccc(Nc2n[s+]([O-])nc2NC(c2ccc3c(c2)OCO3)C(C)(C)C)c1O. The standard InChI is InChI=1S/C24H27N5O7S/c1-24(2,3)20(13-8-9-16-17(10-13)36-12-35-16)26-22-21(27-37(34)28-22)25-15-7-5-6-14(19(15)32)23(33)29(4)11-18(30)31/h5-10,20,32H,11-12H2,1-4H3,(H,25,27)(H,26,28)(H,30,31). The van der Waals surface area contributed by atoms with E-state index < -0.39 is 35.3 Å². The van der Waals surface area contributed by atoms with Crippen molar-refractivity contribution in [3.8, 4) is 17.2 Å². The van der Waals surface area contributed by atoms with Gasteiger partial charge in [-0.25, -0.2) is 0 Å². The molecule has 1 amide bonds. The molecule has 0 bridgehead atoms. The monoisotopic (exact) mass is 529 g/mol. The van der Waals surface area contributed by atoms with Gasteiger partial charge in [-0.05, 0) is 35.2 Å². The number of aromatic nitrogens is 2. The number of hydrogen-bond donors (Lipinski definition) is 4. The van der Waals surface area contributed by atoms with E-state index in [1.165, 1.54) is 25.2 Å². The third-order valence-electron chi connectivity index (χ3n) is 5.68. The van der Waals surface area contributed by atoms with Gasteiger partial charge in [0.2, 0.25) is 18.4 Å². The van der Waals surface area contributed by atoms with Crippen molar-refractivity contribution < 1.29 is 33.8 Å². The molecular weight excluding hydrogens is 502 g/mol. The van der Waals surface area contributed by atoms with Gasteiger partial charge in [-0.1, -0.05) is 32.9 Å². The number of likely N-dealkylation sites (N-methyl/N-ethyl adjacent to an activating group) is 1. The Bertz CT molecular complexity index is 1340. The second-order valence-corrected chi connectivity index (χ2v) is 10.4. The Morgan fingerprint density at radius 3 is 2.57 bits per heavy atom. The zero-order valence-electron chi connectivity index (χ0n) is 20.6. The maximum Gasteiger partial charge on any atom is 0.323 e. The van der Waals surface area contributed by atoms with E-state index >= 15 is 0 Å². The third-order valence-corrected chi connectivity index (χ3v) is 6.36. The normalized spacial score (nSPS) is 13.7. The van der Waals surface area contributed by atoms with Gasteiger partial charge < -0.3 is 39.8 Å². The molecule has 0 aliphatic carbocycles. The summed E-state index contributed by atoms with van der Waals surface area (Å²) in [6, 6.07) is 9.68. The van der Waals surface area contributed by atoms with Crippen molar-refractivity contribution in [2.75, 3.05) is 31.0 Å². The molecule has 2 atom stereocenters. The van der Waals surface area contributed by atoms with Crippen molar-refractivity contribution in [2.24, 2.45) is 5.41 Å². The van der Waals surface area contributed by atoms with E-state index in [1.54, 1.807) is 0 Å². The van der Waals surface area contributed by atoms with E-state index in [0.717, 1.165) is 10.5 Å². The van der Waals surface area contributed by atoms with Crippen molar-refractivity contribution in [1.82, 2.24) is 13.6 Å². The number of carboxylic acids is 1. The lowest BCUT2D eigenvalue weighted by atomic mass is 9.82. The number of hydrogen-bond acceptors (Lipinski definition) is 10. The zero-order valence-corrected chi connectivity index (χ0v) is 21.5. The molecule has 12 nitrogen and oxygen atoms in total. The number of phenols is 1. The van der Waals surface area contributed by atoms with Gasteiger partial charge in [-0.3, -0.25) is 9.59 Å². The van der Waals surface area contributed by atoms with Gasteiger partial charge in [0, 0.05) is 15.8 Å². The number of aromatic hydroxyl groups is 1.